The first-order valence-electron chi connectivity index (χ1n) is 14.5. The van der Waals surface area contributed by atoms with Crippen molar-refractivity contribution in [2.24, 2.45) is 0 Å². The number of benzene rings is 4. The number of anilines is 1. The second-order valence-electron chi connectivity index (χ2n) is 10.1. The zero-order chi connectivity index (χ0) is 32.4. The van der Waals surface area contributed by atoms with Gasteiger partial charge in [-0.05, 0) is 85.6 Å². The standard InChI is InChI=1S/C34H35Cl2N3O5S/c1-3-37-34(41)32(22-25-8-6-5-7-9-25)38(23-26-10-12-27(35)13-11-26)33(40)24-39(29-16-18-30(19-17-29)44-4-2)45(42,43)31-20-14-28(36)15-21-31/h5-21,32H,3-4,22-24H2,1-2H3,(H,37,41)/t32-/m1/s1. The Morgan fingerprint density at radius 3 is 1.98 bits per heavy atom. The van der Waals surface area contributed by atoms with Crippen molar-refractivity contribution < 1.29 is 22.7 Å². The van der Waals surface area contributed by atoms with Crippen molar-refractivity contribution in [1.29, 1.82) is 0 Å². The molecule has 0 aromatic heterocycles. The Morgan fingerprint density at radius 2 is 1.40 bits per heavy atom. The second kappa shape index (κ2) is 15.8. The first-order chi connectivity index (χ1) is 21.6. The number of carbonyl (C=O) groups is 2. The Hall–Kier alpha value is -4.05. The fraction of sp³-hybridized carbons (Fsp3) is 0.235. The van der Waals surface area contributed by atoms with E-state index in [1.165, 1.54) is 29.2 Å². The first kappa shape index (κ1) is 33.8. The van der Waals surface area contributed by atoms with E-state index in [0.29, 0.717) is 28.9 Å². The molecule has 8 nitrogen and oxygen atoms in total. The van der Waals surface area contributed by atoms with Gasteiger partial charge in [0.15, 0.2) is 0 Å². The van der Waals surface area contributed by atoms with Gasteiger partial charge in [-0.3, -0.25) is 13.9 Å². The summed E-state index contributed by atoms with van der Waals surface area (Å²) in [6.45, 7) is 3.91. The van der Waals surface area contributed by atoms with E-state index >= 15 is 0 Å². The van der Waals surface area contributed by atoms with Crippen molar-refractivity contribution in [3.05, 3.63) is 124 Å². The van der Waals surface area contributed by atoms with E-state index in [1.54, 1.807) is 55.5 Å². The SMILES string of the molecule is CCNC(=O)[C@@H](Cc1ccccc1)N(Cc1ccc(Cl)cc1)C(=O)CN(c1ccc(OCC)cc1)S(=O)(=O)c1ccc(Cl)cc1. The Balaban J connectivity index is 1.79. The fourth-order valence-electron chi connectivity index (χ4n) is 4.77. The molecule has 1 atom stereocenters. The zero-order valence-corrected chi connectivity index (χ0v) is 27.4. The van der Waals surface area contributed by atoms with Crippen molar-refractivity contribution in [1.82, 2.24) is 10.2 Å². The Bertz CT molecular complexity index is 1670. The number of likely N-dealkylation sites (N-methyl/N-ethyl adjacent to an activating group) is 1. The molecule has 0 aliphatic rings. The number of ether oxygens (including phenoxy) is 1. The van der Waals surface area contributed by atoms with E-state index in [1.807, 2.05) is 37.3 Å². The molecule has 0 radical (unpaired) electrons. The van der Waals surface area contributed by atoms with E-state index in [0.717, 1.165) is 15.4 Å². The number of hydrogen-bond acceptors (Lipinski definition) is 5. The van der Waals surface area contributed by atoms with Crippen molar-refractivity contribution in [3.63, 3.8) is 0 Å². The first-order valence-corrected chi connectivity index (χ1v) is 16.7. The van der Waals surface area contributed by atoms with Gasteiger partial charge in [-0.15, -0.1) is 0 Å². The van der Waals surface area contributed by atoms with Crippen LogP contribution in [-0.4, -0.2) is 50.9 Å². The minimum atomic E-state index is -4.25. The average Bonchev–Trinajstić information content (AvgIpc) is 3.03. The van der Waals surface area contributed by atoms with Gasteiger partial charge < -0.3 is 15.0 Å². The fourth-order valence-corrected chi connectivity index (χ4v) is 6.44. The van der Waals surface area contributed by atoms with Crippen molar-refractivity contribution in [3.8, 4) is 5.75 Å². The largest absolute Gasteiger partial charge is 0.494 e. The van der Waals surface area contributed by atoms with Crippen molar-refractivity contribution in [2.45, 2.75) is 37.8 Å². The van der Waals surface area contributed by atoms with Crippen LogP contribution < -0.4 is 14.4 Å². The zero-order valence-electron chi connectivity index (χ0n) is 25.0. The van der Waals surface area contributed by atoms with Gasteiger partial charge in [-0.1, -0.05) is 65.7 Å². The molecular weight excluding hydrogens is 633 g/mol. The summed E-state index contributed by atoms with van der Waals surface area (Å²) in [5.41, 5.74) is 1.83. The van der Waals surface area contributed by atoms with E-state index in [-0.39, 0.29) is 29.5 Å². The summed E-state index contributed by atoms with van der Waals surface area (Å²) < 4.78 is 34.8. The van der Waals surface area contributed by atoms with E-state index in [9.17, 15) is 18.0 Å². The highest BCUT2D eigenvalue weighted by Crippen LogP contribution is 2.28. The van der Waals surface area contributed by atoms with E-state index in [2.05, 4.69) is 5.32 Å². The molecule has 0 bridgehead atoms. The second-order valence-corrected chi connectivity index (χ2v) is 12.9. The molecular formula is C34H35Cl2N3O5S. The number of halogens is 2. The molecule has 0 saturated carbocycles. The topological polar surface area (TPSA) is 96.0 Å². The van der Waals surface area contributed by atoms with Crippen LogP contribution in [0.15, 0.2) is 108 Å². The van der Waals surface area contributed by atoms with Crippen LogP contribution in [0.25, 0.3) is 0 Å². The number of hydrogen-bond donors (Lipinski definition) is 1. The third-order valence-corrected chi connectivity index (χ3v) is 9.30. The van der Waals surface area contributed by atoms with Gasteiger partial charge in [-0.25, -0.2) is 8.42 Å². The minimum absolute atomic E-state index is 0.0394. The maximum absolute atomic E-state index is 14.4. The lowest BCUT2D eigenvalue weighted by Crippen LogP contribution is -2.53. The maximum atomic E-state index is 14.4. The molecule has 0 fully saturated rings. The van der Waals surface area contributed by atoms with Crippen LogP contribution in [0.5, 0.6) is 5.75 Å². The molecule has 4 aromatic carbocycles. The van der Waals surface area contributed by atoms with Crippen LogP contribution >= 0.6 is 23.2 Å². The number of amides is 2. The molecule has 45 heavy (non-hydrogen) atoms. The molecule has 236 valence electrons. The average molecular weight is 669 g/mol. The molecule has 1 N–H and O–H groups in total. The Kier molecular flexibility index (Phi) is 11.9. The van der Waals surface area contributed by atoms with Crippen LogP contribution in [0.3, 0.4) is 0 Å². The van der Waals surface area contributed by atoms with Gasteiger partial charge in [0.25, 0.3) is 10.0 Å². The number of sulfonamides is 1. The minimum Gasteiger partial charge on any atom is -0.494 e. The smallest absolute Gasteiger partial charge is 0.264 e. The van der Waals surface area contributed by atoms with Gasteiger partial charge in [0.2, 0.25) is 11.8 Å². The van der Waals surface area contributed by atoms with Gasteiger partial charge in [0.1, 0.15) is 18.3 Å². The molecule has 0 heterocycles. The van der Waals surface area contributed by atoms with Gasteiger partial charge in [0, 0.05) is 29.6 Å². The van der Waals surface area contributed by atoms with Crippen LogP contribution in [0.4, 0.5) is 5.69 Å². The molecule has 0 saturated heterocycles. The van der Waals surface area contributed by atoms with Gasteiger partial charge in [-0.2, -0.15) is 0 Å². The number of carbonyl (C=O) groups excluding carboxylic acids is 2. The van der Waals surface area contributed by atoms with Crippen LogP contribution in [-0.2, 0) is 32.6 Å². The Labute approximate surface area is 274 Å². The van der Waals surface area contributed by atoms with Crippen LogP contribution in [0, 0.1) is 0 Å². The predicted molar refractivity (Wildman–Crippen MR) is 178 cm³/mol. The van der Waals surface area contributed by atoms with Gasteiger partial charge >= 0.3 is 0 Å². The molecule has 0 aliphatic heterocycles. The molecule has 4 aromatic rings. The number of rotatable bonds is 14. The number of nitrogens with zero attached hydrogens (tertiary/aromatic N) is 2. The lowest BCUT2D eigenvalue weighted by molar-refractivity contribution is -0.140. The molecule has 2 amide bonds. The summed E-state index contributed by atoms with van der Waals surface area (Å²) in [6.07, 6.45) is 0.221. The lowest BCUT2D eigenvalue weighted by atomic mass is 10.0. The maximum Gasteiger partial charge on any atom is 0.264 e. The molecule has 11 heteroatoms. The molecule has 4 rings (SSSR count). The Morgan fingerprint density at radius 1 is 0.800 bits per heavy atom. The third kappa shape index (κ3) is 9.00. The highest BCUT2D eigenvalue weighted by molar-refractivity contribution is 7.92. The quantitative estimate of drug-likeness (QED) is 0.169. The predicted octanol–water partition coefficient (Wildman–Crippen LogP) is 6.36. The third-order valence-electron chi connectivity index (χ3n) is 7.00. The van der Waals surface area contributed by atoms with Crippen molar-refractivity contribution in [2.75, 3.05) is 24.0 Å². The summed E-state index contributed by atoms with van der Waals surface area (Å²) in [5, 5.41) is 3.75. The highest BCUT2D eigenvalue weighted by atomic mass is 35.5. The summed E-state index contributed by atoms with van der Waals surface area (Å²) in [6, 6.07) is 27.6. The van der Waals surface area contributed by atoms with Crippen LogP contribution in [0.2, 0.25) is 10.0 Å². The summed E-state index contributed by atoms with van der Waals surface area (Å²) in [4.78, 5) is 29.4. The lowest BCUT2D eigenvalue weighted by Gasteiger charge is -2.34. The highest BCUT2D eigenvalue weighted by Gasteiger charge is 2.34. The molecule has 0 spiro atoms. The summed E-state index contributed by atoms with van der Waals surface area (Å²) in [5.74, 6) is -0.361. The molecule has 0 unspecified atom stereocenters. The normalized spacial score (nSPS) is 11.8. The van der Waals surface area contributed by atoms with Gasteiger partial charge in [0.05, 0.1) is 17.2 Å². The number of nitrogens with one attached hydrogen (secondary N) is 1. The van der Waals surface area contributed by atoms with Crippen molar-refractivity contribution >= 4 is 50.7 Å². The molecule has 0 aliphatic carbocycles. The van der Waals surface area contributed by atoms with Crippen LogP contribution in [0.1, 0.15) is 25.0 Å². The van der Waals surface area contributed by atoms with E-state index < -0.39 is 28.5 Å². The monoisotopic (exact) mass is 667 g/mol. The summed E-state index contributed by atoms with van der Waals surface area (Å²) >= 11 is 12.2. The van der Waals surface area contributed by atoms with E-state index in [4.69, 9.17) is 27.9 Å². The summed E-state index contributed by atoms with van der Waals surface area (Å²) in [7, 11) is -4.25.